The molecule has 2 aromatic carbocycles. The van der Waals surface area contributed by atoms with E-state index < -0.39 is 10.0 Å². The molecule has 128 valence electrons. The molecule has 0 bridgehead atoms. The fraction of sp³-hybridized carbons (Fsp3) is 0.0667. The molecule has 3 rings (SSSR count). The average molecular weight is 358 g/mol. The van der Waals surface area contributed by atoms with E-state index in [1.807, 2.05) is 0 Å². The minimum atomic E-state index is -3.90. The van der Waals surface area contributed by atoms with Crippen LogP contribution in [0, 0.1) is 0 Å². The molecule has 1 aromatic heterocycles. The van der Waals surface area contributed by atoms with Gasteiger partial charge in [0.25, 0.3) is 15.9 Å². The van der Waals surface area contributed by atoms with Gasteiger partial charge in [0.2, 0.25) is 0 Å². The molecule has 0 fully saturated rings. The molecule has 0 aliphatic rings. The Morgan fingerprint density at radius 3 is 2.64 bits per heavy atom. The second kappa shape index (κ2) is 6.69. The quantitative estimate of drug-likeness (QED) is 0.697. The van der Waals surface area contributed by atoms with E-state index >= 15 is 0 Å². The van der Waals surface area contributed by atoms with E-state index in [-0.39, 0.29) is 22.1 Å². The van der Waals surface area contributed by atoms with Gasteiger partial charge in [0.15, 0.2) is 0 Å². The van der Waals surface area contributed by atoms with Crippen molar-refractivity contribution in [3.63, 3.8) is 0 Å². The predicted octanol–water partition coefficient (Wildman–Crippen LogP) is 0.823. The lowest BCUT2D eigenvalue weighted by atomic mass is 10.2. The summed E-state index contributed by atoms with van der Waals surface area (Å²) >= 11 is 0. The van der Waals surface area contributed by atoms with Gasteiger partial charge in [-0.1, -0.05) is 18.2 Å². The zero-order chi connectivity index (χ0) is 17.9. The highest BCUT2D eigenvalue weighted by Crippen LogP contribution is 2.21. The molecule has 0 saturated heterocycles. The van der Waals surface area contributed by atoms with Crippen molar-refractivity contribution in [2.45, 2.75) is 4.90 Å². The van der Waals surface area contributed by atoms with Crippen LogP contribution < -0.4 is 10.0 Å². The Hall–Kier alpha value is -3.27. The minimum absolute atomic E-state index is 0.0206. The second-order valence-corrected chi connectivity index (χ2v) is 6.66. The third-order valence-electron chi connectivity index (χ3n) is 3.38. The van der Waals surface area contributed by atoms with Crippen LogP contribution in [0.3, 0.4) is 0 Å². The molecule has 1 amide bonds. The van der Waals surface area contributed by atoms with Crippen molar-refractivity contribution >= 4 is 21.6 Å². The Bertz CT molecular complexity index is 1000. The largest absolute Gasteiger partial charge is 0.355 e. The van der Waals surface area contributed by atoms with E-state index in [4.69, 9.17) is 0 Å². The van der Waals surface area contributed by atoms with Crippen LogP contribution in [0.1, 0.15) is 10.4 Å². The van der Waals surface area contributed by atoms with Crippen LogP contribution in [0.5, 0.6) is 0 Å². The molecule has 0 radical (unpaired) electrons. The van der Waals surface area contributed by atoms with Crippen LogP contribution in [-0.4, -0.2) is 41.6 Å². The summed E-state index contributed by atoms with van der Waals surface area (Å²) in [6.45, 7) is 0. The van der Waals surface area contributed by atoms with Gasteiger partial charge in [-0.3, -0.25) is 9.52 Å². The number of hydrogen-bond donors (Lipinski definition) is 2. The summed E-state index contributed by atoms with van der Waals surface area (Å²) in [5, 5.41) is 13.2. The normalized spacial score (nSPS) is 11.1. The maximum atomic E-state index is 12.7. The van der Waals surface area contributed by atoms with Gasteiger partial charge in [-0.2, -0.15) is 0 Å². The van der Waals surface area contributed by atoms with Gasteiger partial charge < -0.3 is 5.32 Å². The molecule has 0 saturated carbocycles. The topological polar surface area (TPSA) is 119 Å². The zero-order valence-electron chi connectivity index (χ0n) is 13.1. The van der Waals surface area contributed by atoms with E-state index in [0.717, 1.165) is 0 Å². The molecule has 0 aliphatic heterocycles. The van der Waals surface area contributed by atoms with Crippen molar-refractivity contribution < 1.29 is 13.2 Å². The van der Waals surface area contributed by atoms with Crippen molar-refractivity contribution in [1.82, 2.24) is 25.5 Å². The molecule has 3 aromatic rings. The van der Waals surface area contributed by atoms with Gasteiger partial charge in [0.1, 0.15) is 6.33 Å². The number of carbonyl (C=O) groups excluding carboxylic acids is 1. The maximum absolute atomic E-state index is 12.7. The molecule has 1 heterocycles. The Morgan fingerprint density at radius 2 is 1.92 bits per heavy atom. The molecule has 0 unspecified atom stereocenters. The number of carbonyl (C=O) groups is 1. The molecule has 0 atom stereocenters. The molecule has 25 heavy (non-hydrogen) atoms. The molecular weight excluding hydrogens is 344 g/mol. The van der Waals surface area contributed by atoms with Gasteiger partial charge in [0.05, 0.1) is 21.8 Å². The fourth-order valence-corrected chi connectivity index (χ4v) is 3.30. The SMILES string of the molecule is CNC(=O)c1ccccc1NS(=O)(=O)c1cccc(-n2cnnn2)c1. The van der Waals surface area contributed by atoms with Gasteiger partial charge in [0, 0.05) is 7.05 Å². The van der Waals surface area contributed by atoms with Crippen LogP contribution in [0.2, 0.25) is 0 Å². The summed E-state index contributed by atoms with van der Waals surface area (Å²) in [4.78, 5) is 11.9. The van der Waals surface area contributed by atoms with Crippen LogP contribution in [-0.2, 0) is 10.0 Å². The number of tetrazole rings is 1. The lowest BCUT2D eigenvalue weighted by molar-refractivity contribution is 0.0964. The fourth-order valence-electron chi connectivity index (χ4n) is 2.18. The first-order valence-electron chi connectivity index (χ1n) is 7.18. The number of hydrogen-bond acceptors (Lipinski definition) is 6. The smallest absolute Gasteiger partial charge is 0.261 e. The van der Waals surface area contributed by atoms with Gasteiger partial charge in [-0.25, -0.2) is 13.1 Å². The van der Waals surface area contributed by atoms with Crippen LogP contribution in [0.25, 0.3) is 5.69 Å². The number of sulfonamides is 1. The Balaban J connectivity index is 1.96. The maximum Gasteiger partial charge on any atom is 0.261 e. The van der Waals surface area contributed by atoms with Gasteiger partial charge in [-0.05, 0) is 40.8 Å². The first-order chi connectivity index (χ1) is 12.0. The van der Waals surface area contributed by atoms with Crippen molar-refractivity contribution in [1.29, 1.82) is 0 Å². The Morgan fingerprint density at radius 1 is 1.12 bits per heavy atom. The van der Waals surface area contributed by atoms with E-state index in [9.17, 15) is 13.2 Å². The molecular formula is C15H14N6O3S. The summed E-state index contributed by atoms with van der Waals surface area (Å²) in [5.41, 5.74) is 0.910. The standard InChI is InChI=1S/C15H14N6O3S/c1-16-15(22)13-7-2-3-8-14(13)18-25(23,24)12-6-4-5-11(9-12)21-10-17-19-20-21/h2-10,18H,1H3,(H,16,22). The number of anilines is 1. The highest BCUT2D eigenvalue weighted by Gasteiger charge is 2.18. The summed E-state index contributed by atoms with van der Waals surface area (Å²) in [6, 6.07) is 12.5. The number of nitrogens with one attached hydrogen (secondary N) is 2. The molecule has 0 spiro atoms. The lowest BCUT2D eigenvalue weighted by Gasteiger charge is -2.12. The van der Waals surface area contributed by atoms with E-state index in [2.05, 4.69) is 25.6 Å². The lowest BCUT2D eigenvalue weighted by Crippen LogP contribution is -2.21. The number of aromatic nitrogens is 4. The number of amides is 1. The van der Waals surface area contributed by atoms with Gasteiger partial charge >= 0.3 is 0 Å². The molecule has 10 heteroatoms. The second-order valence-electron chi connectivity index (χ2n) is 4.98. The third-order valence-corrected chi connectivity index (χ3v) is 4.75. The van der Waals surface area contributed by atoms with E-state index in [1.54, 1.807) is 24.3 Å². The van der Waals surface area contributed by atoms with Crippen LogP contribution >= 0.6 is 0 Å². The van der Waals surface area contributed by atoms with Gasteiger partial charge in [-0.15, -0.1) is 5.10 Å². The zero-order valence-corrected chi connectivity index (χ0v) is 13.9. The number of nitrogens with zero attached hydrogens (tertiary/aromatic N) is 4. The van der Waals surface area contributed by atoms with Crippen molar-refractivity contribution in [3.8, 4) is 5.69 Å². The van der Waals surface area contributed by atoms with E-state index in [0.29, 0.717) is 5.69 Å². The number of benzene rings is 2. The highest BCUT2D eigenvalue weighted by molar-refractivity contribution is 7.92. The predicted molar refractivity (Wildman–Crippen MR) is 89.8 cm³/mol. The van der Waals surface area contributed by atoms with Crippen molar-refractivity contribution in [2.24, 2.45) is 0 Å². The minimum Gasteiger partial charge on any atom is -0.355 e. The molecule has 0 aliphatic carbocycles. The third kappa shape index (κ3) is 3.48. The summed E-state index contributed by atoms with van der Waals surface area (Å²) in [7, 11) is -2.43. The number of rotatable bonds is 5. The highest BCUT2D eigenvalue weighted by atomic mass is 32.2. The Kier molecular flexibility index (Phi) is 4.44. The monoisotopic (exact) mass is 358 g/mol. The summed E-state index contributed by atoms with van der Waals surface area (Å²) in [6.07, 6.45) is 1.36. The van der Waals surface area contributed by atoms with Crippen molar-refractivity contribution in [2.75, 3.05) is 11.8 Å². The summed E-state index contributed by atoms with van der Waals surface area (Å²) < 4.78 is 29.2. The summed E-state index contributed by atoms with van der Waals surface area (Å²) in [5.74, 6) is -0.388. The van der Waals surface area contributed by atoms with Crippen LogP contribution in [0.4, 0.5) is 5.69 Å². The first-order valence-corrected chi connectivity index (χ1v) is 8.67. The number of para-hydroxylation sites is 1. The molecule has 9 nitrogen and oxygen atoms in total. The van der Waals surface area contributed by atoms with Crippen molar-refractivity contribution in [3.05, 3.63) is 60.4 Å². The average Bonchev–Trinajstić information content (AvgIpc) is 3.16. The van der Waals surface area contributed by atoms with E-state index in [1.165, 1.54) is 42.3 Å². The molecule has 2 N–H and O–H groups in total. The van der Waals surface area contributed by atoms with Crippen LogP contribution in [0.15, 0.2) is 59.8 Å². The first kappa shape index (κ1) is 16.6. The Labute approximate surface area is 143 Å².